The van der Waals surface area contributed by atoms with E-state index in [0.29, 0.717) is 6.42 Å². The average Bonchev–Trinajstić information content (AvgIpc) is 3.17. The maximum Gasteiger partial charge on any atom is 0.234 e. The van der Waals surface area contributed by atoms with Gasteiger partial charge in [-0.25, -0.2) is 0 Å². The van der Waals surface area contributed by atoms with E-state index in [9.17, 15) is 0 Å². The number of aromatic nitrogens is 4. The van der Waals surface area contributed by atoms with Crippen molar-refractivity contribution in [2.45, 2.75) is 25.4 Å². The lowest BCUT2D eigenvalue weighted by Crippen LogP contribution is -2.04. The molecule has 1 aliphatic rings. The molecule has 2 aromatic heterocycles. The minimum Gasteiger partial charge on any atom is -0.398 e. The molecule has 1 aromatic carbocycles. The molecule has 0 spiro atoms. The predicted octanol–water partition coefficient (Wildman–Crippen LogP) is 2.21. The third-order valence-corrected chi connectivity index (χ3v) is 4.57. The van der Waals surface area contributed by atoms with E-state index in [4.69, 9.17) is 10.5 Å². The van der Waals surface area contributed by atoms with Crippen LogP contribution in [0.25, 0.3) is 4.96 Å². The van der Waals surface area contributed by atoms with Crippen LogP contribution in [0.4, 0.5) is 5.69 Å². The van der Waals surface area contributed by atoms with E-state index in [1.807, 2.05) is 28.8 Å². The van der Waals surface area contributed by atoms with Crippen LogP contribution in [0.5, 0.6) is 0 Å². The summed E-state index contributed by atoms with van der Waals surface area (Å²) in [7, 11) is 0. The highest BCUT2D eigenvalue weighted by atomic mass is 32.1. The Bertz CT molecular complexity index is 775. The molecule has 0 amide bonds. The SMILES string of the molecule is Nc1ccccc1Cc1nn2c(C3CCCO3)nnc2s1. The van der Waals surface area contributed by atoms with Crippen LogP contribution >= 0.6 is 11.3 Å². The Morgan fingerprint density at radius 2 is 2.24 bits per heavy atom. The highest BCUT2D eigenvalue weighted by Gasteiger charge is 2.24. The molecule has 7 heteroatoms. The van der Waals surface area contributed by atoms with E-state index in [-0.39, 0.29) is 6.10 Å². The molecule has 1 fully saturated rings. The number of hydrogen-bond donors (Lipinski definition) is 1. The maximum atomic E-state index is 5.99. The number of benzene rings is 1. The molecule has 6 nitrogen and oxygen atoms in total. The number of ether oxygens (including phenoxy) is 1. The summed E-state index contributed by atoms with van der Waals surface area (Å²) in [5.74, 6) is 0.811. The second-order valence-corrected chi connectivity index (χ2v) is 6.17. The van der Waals surface area contributed by atoms with Gasteiger partial charge in [-0.1, -0.05) is 29.5 Å². The molecule has 1 aliphatic heterocycles. The zero-order valence-corrected chi connectivity index (χ0v) is 12.2. The Labute approximate surface area is 125 Å². The Morgan fingerprint density at radius 3 is 3.05 bits per heavy atom. The molecule has 4 rings (SSSR count). The minimum absolute atomic E-state index is 0.0248. The van der Waals surface area contributed by atoms with Crippen molar-refractivity contribution < 1.29 is 4.74 Å². The van der Waals surface area contributed by atoms with Crippen molar-refractivity contribution in [2.24, 2.45) is 0 Å². The van der Waals surface area contributed by atoms with Gasteiger partial charge in [0.1, 0.15) is 11.1 Å². The topological polar surface area (TPSA) is 78.3 Å². The Kier molecular flexibility index (Phi) is 3.08. The molecule has 3 aromatic rings. The Morgan fingerprint density at radius 1 is 1.33 bits per heavy atom. The van der Waals surface area contributed by atoms with Crippen LogP contribution in [0.1, 0.15) is 35.3 Å². The highest BCUT2D eigenvalue weighted by molar-refractivity contribution is 7.16. The van der Waals surface area contributed by atoms with E-state index in [1.54, 1.807) is 11.3 Å². The van der Waals surface area contributed by atoms with Gasteiger partial charge in [-0.15, -0.1) is 10.2 Å². The number of nitrogen functional groups attached to an aromatic ring is 1. The molecule has 108 valence electrons. The van der Waals surface area contributed by atoms with Gasteiger partial charge in [-0.3, -0.25) is 0 Å². The van der Waals surface area contributed by atoms with Crippen LogP contribution < -0.4 is 5.73 Å². The van der Waals surface area contributed by atoms with Gasteiger partial charge < -0.3 is 10.5 Å². The number of rotatable bonds is 3. The molecule has 0 saturated carbocycles. The fourth-order valence-corrected chi connectivity index (χ4v) is 3.45. The quantitative estimate of drug-likeness (QED) is 0.750. The second-order valence-electron chi connectivity index (χ2n) is 5.13. The van der Waals surface area contributed by atoms with E-state index < -0.39 is 0 Å². The van der Waals surface area contributed by atoms with Gasteiger partial charge in [0.25, 0.3) is 0 Å². The zero-order valence-electron chi connectivity index (χ0n) is 11.4. The lowest BCUT2D eigenvalue weighted by Gasteiger charge is -2.04. The molecule has 1 atom stereocenters. The van der Waals surface area contributed by atoms with Crippen molar-refractivity contribution in [2.75, 3.05) is 12.3 Å². The number of nitrogens with two attached hydrogens (primary N) is 1. The van der Waals surface area contributed by atoms with Gasteiger partial charge in [-0.2, -0.15) is 9.61 Å². The van der Waals surface area contributed by atoms with Gasteiger partial charge in [0.2, 0.25) is 4.96 Å². The number of para-hydroxylation sites is 1. The van der Waals surface area contributed by atoms with Crippen molar-refractivity contribution in [3.05, 3.63) is 40.7 Å². The minimum atomic E-state index is 0.0248. The van der Waals surface area contributed by atoms with Gasteiger partial charge in [-0.05, 0) is 24.5 Å². The zero-order chi connectivity index (χ0) is 14.2. The van der Waals surface area contributed by atoms with Crippen molar-refractivity contribution in [1.29, 1.82) is 0 Å². The summed E-state index contributed by atoms with van der Waals surface area (Å²) in [4.78, 5) is 0.810. The fraction of sp³-hybridized carbons (Fsp3) is 0.357. The maximum absolute atomic E-state index is 5.99. The van der Waals surface area contributed by atoms with Crippen molar-refractivity contribution >= 4 is 22.0 Å². The monoisotopic (exact) mass is 301 g/mol. The van der Waals surface area contributed by atoms with Crippen molar-refractivity contribution in [3.63, 3.8) is 0 Å². The summed E-state index contributed by atoms with van der Waals surface area (Å²) in [5.41, 5.74) is 7.87. The summed E-state index contributed by atoms with van der Waals surface area (Å²) >= 11 is 1.55. The molecule has 2 N–H and O–H groups in total. The summed E-state index contributed by atoms with van der Waals surface area (Å²) in [6.45, 7) is 0.789. The summed E-state index contributed by atoms with van der Waals surface area (Å²) in [6, 6.07) is 7.86. The van der Waals surface area contributed by atoms with E-state index >= 15 is 0 Å². The number of nitrogens with zero attached hydrogens (tertiary/aromatic N) is 4. The van der Waals surface area contributed by atoms with E-state index in [1.165, 1.54) is 0 Å². The molecule has 3 heterocycles. The molecule has 1 saturated heterocycles. The molecular formula is C14H15N5OS. The van der Waals surface area contributed by atoms with E-state index in [0.717, 1.165) is 46.5 Å². The highest BCUT2D eigenvalue weighted by Crippen LogP contribution is 2.29. The number of fused-ring (bicyclic) bond motifs is 1. The molecular weight excluding hydrogens is 286 g/mol. The first-order chi connectivity index (χ1) is 10.3. The van der Waals surface area contributed by atoms with Crippen LogP contribution in [0.2, 0.25) is 0 Å². The fourth-order valence-electron chi connectivity index (χ4n) is 2.58. The normalized spacial score (nSPS) is 18.6. The third-order valence-electron chi connectivity index (χ3n) is 3.67. The summed E-state index contributed by atoms with van der Waals surface area (Å²) < 4.78 is 7.49. The van der Waals surface area contributed by atoms with Crippen LogP contribution in [0, 0.1) is 0 Å². The average molecular weight is 301 g/mol. The standard InChI is InChI=1S/C14H15N5OS/c15-10-5-2-1-4-9(10)8-12-18-19-13(11-6-3-7-20-11)16-17-14(19)21-12/h1-2,4-5,11H,3,6-8,15H2. The second kappa shape index (κ2) is 5.09. The van der Waals surface area contributed by atoms with E-state index in [2.05, 4.69) is 15.3 Å². The van der Waals surface area contributed by atoms with Crippen LogP contribution in [0.15, 0.2) is 24.3 Å². The number of anilines is 1. The molecule has 0 aliphatic carbocycles. The summed E-state index contributed by atoms with van der Waals surface area (Å²) in [6.07, 6.45) is 2.79. The van der Waals surface area contributed by atoms with Crippen molar-refractivity contribution in [3.8, 4) is 0 Å². The molecule has 0 radical (unpaired) electrons. The molecule has 1 unspecified atom stereocenters. The predicted molar refractivity (Wildman–Crippen MR) is 80.2 cm³/mol. The first kappa shape index (κ1) is 12.7. The lowest BCUT2D eigenvalue weighted by atomic mass is 10.1. The molecule has 0 bridgehead atoms. The van der Waals surface area contributed by atoms with Gasteiger partial charge in [0, 0.05) is 18.7 Å². The van der Waals surface area contributed by atoms with Gasteiger partial charge in [0.05, 0.1) is 0 Å². The first-order valence-electron chi connectivity index (χ1n) is 6.97. The largest absolute Gasteiger partial charge is 0.398 e. The lowest BCUT2D eigenvalue weighted by molar-refractivity contribution is 0.103. The smallest absolute Gasteiger partial charge is 0.234 e. The number of hydrogen-bond acceptors (Lipinski definition) is 6. The molecule has 21 heavy (non-hydrogen) atoms. The first-order valence-corrected chi connectivity index (χ1v) is 7.79. The third kappa shape index (κ3) is 2.28. The van der Waals surface area contributed by atoms with Crippen LogP contribution in [-0.4, -0.2) is 26.4 Å². The Balaban J connectivity index is 1.66. The summed E-state index contributed by atoms with van der Waals surface area (Å²) in [5, 5.41) is 14.0. The Hall–Kier alpha value is -1.99. The van der Waals surface area contributed by atoms with Crippen LogP contribution in [-0.2, 0) is 11.2 Å². The van der Waals surface area contributed by atoms with Crippen molar-refractivity contribution in [1.82, 2.24) is 19.8 Å². The van der Waals surface area contributed by atoms with Gasteiger partial charge >= 0.3 is 0 Å². The van der Waals surface area contributed by atoms with Crippen LogP contribution in [0.3, 0.4) is 0 Å². The van der Waals surface area contributed by atoms with Gasteiger partial charge in [0.15, 0.2) is 5.82 Å².